The van der Waals surface area contributed by atoms with Crippen LogP contribution in [0, 0.1) is 15.9 Å². The van der Waals surface area contributed by atoms with E-state index in [1.54, 1.807) is 6.07 Å². The molecule has 2 amide bonds. The summed E-state index contributed by atoms with van der Waals surface area (Å²) in [5, 5.41) is 15.9. The molecule has 0 unspecified atom stereocenters. The summed E-state index contributed by atoms with van der Waals surface area (Å²) in [6, 6.07) is 23.8. The van der Waals surface area contributed by atoms with Crippen LogP contribution in [0.1, 0.15) is 5.56 Å². The number of hydrogen-bond donors (Lipinski definition) is 1. The van der Waals surface area contributed by atoms with Crippen LogP contribution in [0.2, 0.25) is 0 Å². The first-order valence-electron chi connectivity index (χ1n) is 10.3. The monoisotopic (exact) mass is 453 g/mol. The number of rotatable bonds is 5. The molecule has 0 saturated heterocycles. The van der Waals surface area contributed by atoms with E-state index in [4.69, 9.17) is 0 Å². The standard InChI is InChI=1S/C26H16FN3O4/c27-20-9-3-4-11-22(20)29-25(31)23(17-12-14-18(15-13-17)30(33)34)24(26(29)32)28-21-10-5-7-16-6-1-2-8-19(16)21/h1-15,28H. The minimum Gasteiger partial charge on any atom is -0.350 e. The molecule has 8 heteroatoms. The molecule has 0 atom stereocenters. The van der Waals surface area contributed by atoms with Crippen LogP contribution in [0.15, 0.2) is 96.7 Å². The van der Waals surface area contributed by atoms with E-state index in [1.165, 1.54) is 42.5 Å². The number of imide groups is 1. The van der Waals surface area contributed by atoms with Crippen LogP contribution in [0.25, 0.3) is 16.3 Å². The van der Waals surface area contributed by atoms with Crippen molar-refractivity contribution >= 4 is 45.2 Å². The quantitative estimate of drug-likeness (QED) is 0.252. The van der Waals surface area contributed by atoms with E-state index in [0.29, 0.717) is 11.3 Å². The average Bonchev–Trinajstić information content (AvgIpc) is 3.09. The Hall–Kier alpha value is -4.85. The number of fused-ring (bicyclic) bond motifs is 1. The molecule has 1 N–H and O–H groups in total. The lowest BCUT2D eigenvalue weighted by atomic mass is 10.0. The molecule has 1 aliphatic heterocycles. The zero-order valence-corrected chi connectivity index (χ0v) is 17.6. The number of hydrogen-bond acceptors (Lipinski definition) is 5. The maximum atomic E-state index is 14.6. The predicted molar refractivity (Wildman–Crippen MR) is 126 cm³/mol. The van der Waals surface area contributed by atoms with E-state index in [-0.39, 0.29) is 22.6 Å². The van der Waals surface area contributed by atoms with Crippen molar-refractivity contribution in [1.82, 2.24) is 0 Å². The van der Waals surface area contributed by atoms with Gasteiger partial charge in [0.2, 0.25) is 0 Å². The number of nitro groups is 1. The number of carbonyl (C=O) groups is 2. The van der Waals surface area contributed by atoms with E-state index in [1.807, 2.05) is 36.4 Å². The third-order valence-electron chi connectivity index (χ3n) is 5.59. The zero-order valence-electron chi connectivity index (χ0n) is 17.6. The van der Waals surface area contributed by atoms with Crippen LogP contribution in [-0.2, 0) is 9.59 Å². The Morgan fingerprint density at radius 2 is 1.47 bits per heavy atom. The first-order valence-corrected chi connectivity index (χ1v) is 10.3. The minimum atomic E-state index is -0.730. The van der Waals surface area contributed by atoms with Gasteiger partial charge in [-0.2, -0.15) is 0 Å². The molecule has 0 saturated carbocycles. The molecule has 0 fully saturated rings. The normalized spacial score (nSPS) is 13.6. The molecule has 5 rings (SSSR count). The highest BCUT2D eigenvalue weighted by Gasteiger charge is 2.41. The lowest BCUT2D eigenvalue weighted by Gasteiger charge is -2.16. The maximum Gasteiger partial charge on any atom is 0.282 e. The SMILES string of the molecule is O=C1C(Nc2cccc3ccccc23)=C(c2ccc([N+](=O)[O-])cc2)C(=O)N1c1ccccc1F. The average molecular weight is 453 g/mol. The van der Waals surface area contributed by atoms with Crippen LogP contribution in [0.4, 0.5) is 21.5 Å². The summed E-state index contributed by atoms with van der Waals surface area (Å²) < 4.78 is 14.6. The second kappa shape index (κ2) is 8.25. The fraction of sp³-hybridized carbons (Fsp3) is 0. The first kappa shape index (κ1) is 21.0. The van der Waals surface area contributed by atoms with Gasteiger partial charge in [-0.3, -0.25) is 19.7 Å². The largest absolute Gasteiger partial charge is 0.350 e. The van der Waals surface area contributed by atoms with Crippen LogP contribution >= 0.6 is 0 Å². The molecule has 0 bridgehead atoms. The summed E-state index contributed by atoms with van der Waals surface area (Å²) in [4.78, 5) is 38.2. The molecule has 1 aliphatic rings. The molecular formula is C26H16FN3O4. The summed E-state index contributed by atoms with van der Waals surface area (Å²) in [6.07, 6.45) is 0. The van der Waals surface area contributed by atoms with Crippen molar-refractivity contribution in [2.45, 2.75) is 0 Å². The van der Waals surface area contributed by atoms with Gasteiger partial charge < -0.3 is 5.32 Å². The topological polar surface area (TPSA) is 92.5 Å². The van der Waals surface area contributed by atoms with Crippen LogP contribution in [0.3, 0.4) is 0 Å². The van der Waals surface area contributed by atoms with Gasteiger partial charge in [0.1, 0.15) is 11.5 Å². The summed E-state index contributed by atoms with van der Waals surface area (Å²) >= 11 is 0. The van der Waals surface area contributed by atoms with Gasteiger partial charge in [0.15, 0.2) is 0 Å². The van der Waals surface area contributed by atoms with Gasteiger partial charge in [-0.15, -0.1) is 0 Å². The van der Waals surface area contributed by atoms with Crippen molar-refractivity contribution in [2.75, 3.05) is 10.2 Å². The summed E-state index contributed by atoms with van der Waals surface area (Å²) in [5.41, 5.74) is 0.506. The van der Waals surface area contributed by atoms with Crippen molar-refractivity contribution in [3.8, 4) is 0 Å². The summed E-state index contributed by atoms with van der Waals surface area (Å²) in [7, 11) is 0. The van der Waals surface area contributed by atoms with E-state index in [0.717, 1.165) is 21.7 Å². The Bertz CT molecular complexity index is 1510. The Morgan fingerprint density at radius 3 is 2.21 bits per heavy atom. The molecule has 1 heterocycles. The number of nitrogens with one attached hydrogen (secondary N) is 1. The molecule has 0 radical (unpaired) electrons. The number of anilines is 2. The number of carbonyl (C=O) groups excluding carboxylic acids is 2. The fourth-order valence-electron chi connectivity index (χ4n) is 3.98. The van der Waals surface area contributed by atoms with Gasteiger partial charge in [-0.25, -0.2) is 9.29 Å². The number of nitro benzene ring substituents is 1. The molecule has 7 nitrogen and oxygen atoms in total. The van der Waals surface area contributed by atoms with Crippen molar-refractivity contribution in [1.29, 1.82) is 0 Å². The van der Waals surface area contributed by atoms with E-state index in [9.17, 15) is 24.1 Å². The highest BCUT2D eigenvalue weighted by atomic mass is 19.1. The van der Waals surface area contributed by atoms with Gasteiger partial charge in [0.25, 0.3) is 17.5 Å². The van der Waals surface area contributed by atoms with Gasteiger partial charge in [0, 0.05) is 23.2 Å². The molecule has 4 aromatic rings. The van der Waals surface area contributed by atoms with Crippen molar-refractivity contribution < 1.29 is 18.9 Å². The Kier molecular flexibility index (Phi) is 5.10. The molecule has 0 aromatic heterocycles. The number of non-ortho nitro benzene ring substituents is 1. The second-order valence-electron chi connectivity index (χ2n) is 7.60. The first-order chi connectivity index (χ1) is 16.5. The van der Waals surface area contributed by atoms with Gasteiger partial charge in [-0.1, -0.05) is 48.5 Å². The molecule has 34 heavy (non-hydrogen) atoms. The summed E-state index contributed by atoms with van der Waals surface area (Å²) in [5.74, 6) is -2.18. The summed E-state index contributed by atoms with van der Waals surface area (Å²) in [6.45, 7) is 0. The Labute approximate surface area is 192 Å². The van der Waals surface area contributed by atoms with Gasteiger partial charge in [0.05, 0.1) is 16.2 Å². The molecule has 166 valence electrons. The van der Waals surface area contributed by atoms with Gasteiger partial charge >= 0.3 is 0 Å². The van der Waals surface area contributed by atoms with Crippen molar-refractivity contribution in [3.63, 3.8) is 0 Å². The second-order valence-corrected chi connectivity index (χ2v) is 7.60. The molecule has 0 spiro atoms. The number of benzene rings is 4. The lowest BCUT2D eigenvalue weighted by molar-refractivity contribution is -0.384. The molecular weight excluding hydrogens is 437 g/mol. The predicted octanol–water partition coefficient (Wildman–Crippen LogP) is 5.28. The highest BCUT2D eigenvalue weighted by molar-refractivity contribution is 6.46. The number of halogens is 1. The number of nitrogens with zero attached hydrogens (tertiary/aromatic N) is 2. The Balaban J connectivity index is 1.67. The smallest absolute Gasteiger partial charge is 0.282 e. The van der Waals surface area contributed by atoms with Crippen molar-refractivity contribution in [3.05, 3.63) is 118 Å². The number of para-hydroxylation sites is 1. The van der Waals surface area contributed by atoms with Crippen LogP contribution in [0.5, 0.6) is 0 Å². The minimum absolute atomic E-state index is 0.00362. The van der Waals surface area contributed by atoms with Gasteiger partial charge in [-0.05, 0) is 41.3 Å². The van der Waals surface area contributed by atoms with Crippen LogP contribution < -0.4 is 10.2 Å². The zero-order chi connectivity index (χ0) is 23.8. The third-order valence-corrected chi connectivity index (χ3v) is 5.59. The Morgan fingerprint density at radius 1 is 0.794 bits per heavy atom. The third kappa shape index (κ3) is 3.47. The molecule has 4 aromatic carbocycles. The molecule has 0 aliphatic carbocycles. The van der Waals surface area contributed by atoms with E-state index in [2.05, 4.69) is 5.32 Å². The fourth-order valence-corrected chi connectivity index (χ4v) is 3.98. The van der Waals surface area contributed by atoms with E-state index >= 15 is 0 Å². The number of amides is 2. The van der Waals surface area contributed by atoms with E-state index < -0.39 is 22.6 Å². The van der Waals surface area contributed by atoms with Crippen molar-refractivity contribution in [2.24, 2.45) is 0 Å². The lowest BCUT2D eigenvalue weighted by Crippen LogP contribution is -2.33. The highest BCUT2D eigenvalue weighted by Crippen LogP contribution is 2.36. The van der Waals surface area contributed by atoms with Crippen LogP contribution in [-0.4, -0.2) is 16.7 Å². The maximum absolute atomic E-state index is 14.6.